The molecule has 2 nitrogen and oxygen atoms in total. The zero-order valence-electron chi connectivity index (χ0n) is 41.3. The first kappa shape index (κ1) is 48.0. The molecule has 0 aliphatic heterocycles. The molecule has 3 aromatic carbocycles. The molecule has 0 saturated heterocycles. The second-order valence-electron chi connectivity index (χ2n) is 19.1. The smallest absolute Gasteiger partial charge is 0.0458 e. The van der Waals surface area contributed by atoms with Crippen molar-refractivity contribution in [2.24, 2.45) is 5.41 Å². The monoisotopic (exact) mass is 879 g/mol. The molecule has 3 aromatic rings. The first-order valence-corrected chi connectivity index (χ1v) is 24.1. The lowest BCUT2D eigenvalue weighted by Crippen LogP contribution is -2.26. The second kappa shape index (κ2) is 21.6. The molecule has 0 saturated carbocycles. The maximum Gasteiger partial charge on any atom is 0.0458 e. The number of allylic oxidation sites excluding steroid dienone is 26. The van der Waals surface area contributed by atoms with Crippen molar-refractivity contribution in [2.75, 3.05) is 11.4 Å². The van der Waals surface area contributed by atoms with Crippen LogP contribution in [-0.4, -0.2) is 11.4 Å². The van der Waals surface area contributed by atoms with E-state index >= 15 is 0 Å². The molecule has 0 aromatic heterocycles. The lowest BCUT2D eigenvalue weighted by Gasteiger charge is -2.35. The molecule has 0 fully saturated rings. The Morgan fingerprint density at radius 1 is 0.806 bits per heavy atom. The van der Waals surface area contributed by atoms with Crippen molar-refractivity contribution in [3.63, 3.8) is 0 Å². The van der Waals surface area contributed by atoms with Crippen LogP contribution >= 0.6 is 0 Å². The number of fused-ring (bicyclic) bond motifs is 3. The molecule has 0 amide bonds. The van der Waals surface area contributed by atoms with Gasteiger partial charge in [-0.25, -0.2) is 0 Å². The summed E-state index contributed by atoms with van der Waals surface area (Å²) in [6.07, 6.45) is 50.3. The van der Waals surface area contributed by atoms with E-state index in [2.05, 4.69) is 261 Å². The molecule has 4 aliphatic rings. The van der Waals surface area contributed by atoms with Crippen LogP contribution in [0.4, 0.5) is 5.69 Å². The second-order valence-corrected chi connectivity index (χ2v) is 19.1. The van der Waals surface area contributed by atoms with Gasteiger partial charge < -0.3 is 9.80 Å². The first-order chi connectivity index (χ1) is 32.4. The fourth-order valence-corrected chi connectivity index (χ4v) is 9.94. The molecule has 7 rings (SSSR count). The largest absolute Gasteiger partial charge is 0.338 e. The normalized spacial score (nSPS) is 20.9. The number of hydrogen-bond acceptors (Lipinski definition) is 2. The fraction of sp³-hybridized carbons (Fsp3) is 0.231. The van der Waals surface area contributed by atoms with Gasteiger partial charge >= 0.3 is 0 Å². The van der Waals surface area contributed by atoms with E-state index in [1.54, 1.807) is 0 Å². The van der Waals surface area contributed by atoms with Crippen LogP contribution in [0, 0.1) is 5.41 Å². The number of rotatable bonds is 13. The van der Waals surface area contributed by atoms with E-state index < -0.39 is 0 Å². The highest BCUT2D eigenvalue weighted by Gasteiger charge is 2.31. The van der Waals surface area contributed by atoms with Crippen molar-refractivity contribution >= 4 is 16.8 Å². The van der Waals surface area contributed by atoms with E-state index in [-0.39, 0.29) is 10.8 Å². The SMILES string of the molecule is C=C/C=C\C=C(/C)N(C1=CC=C(c2ccccc2C(=C)/C=C\C(=C/C)N(C\C=C2C(=C\C)/C(C)=C/C=C\C=C\C/2(C)C)C2=CCCC=C2)C=CC1)c1ccc2c(c1)CC(C)(C)c1ccccc1-2. The van der Waals surface area contributed by atoms with E-state index in [1.807, 2.05) is 12.2 Å². The number of hydrogen-bond donors (Lipinski definition) is 0. The summed E-state index contributed by atoms with van der Waals surface area (Å²) in [7, 11) is 0. The first-order valence-electron chi connectivity index (χ1n) is 24.1. The quantitative estimate of drug-likeness (QED) is 0.158. The number of nitrogens with zero attached hydrogens (tertiary/aromatic N) is 2. The predicted octanol–water partition coefficient (Wildman–Crippen LogP) is 17.5. The summed E-state index contributed by atoms with van der Waals surface area (Å²) >= 11 is 0. The minimum atomic E-state index is -0.155. The molecule has 0 heterocycles. The third-order valence-corrected chi connectivity index (χ3v) is 13.4. The summed E-state index contributed by atoms with van der Waals surface area (Å²) in [5.41, 5.74) is 19.5. The van der Waals surface area contributed by atoms with E-state index in [9.17, 15) is 0 Å². The molecular weight excluding hydrogens is 809 g/mol. The van der Waals surface area contributed by atoms with E-state index in [4.69, 9.17) is 0 Å². The van der Waals surface area contributed by atoms with Gasteiger partial charge in [0.2, 0.25) is 0 Å². The summed E-state index contributed by atoms with van der Waals surface area (Å²) in [5, 5.41) is 0. The van der Waals surface area contributed by atoms with Crippen LogP contribution in [0.2, 0.25) is 0 Å². The summed E-state index contributed by atoms with van der Waals surface area (Å²) in [6.45, 7) is 27.4. The van der Waals surface area contributed by atoms with Gasteiger partial charge in [0.05, 0.1) is 0 Å². The molecular formula is C65H70N2. The molecule has 67 heavy (non-hydrogen) atoms. The van der Waals surface area contributed by atoms with Crippen LogP contribution in [0.15, 0.2) is 247 Å². The average molecular weight is 879 g/mol. The van der Waals surface area contributed by atoms with Gasteiger partial charge in [-0.05, 0) is 150 Å². The van der Waals surface area contributed by atoms with E-state index in [0.717, 1.165) is 65.9 Å². The lowest BCUT2D eigenvalue weighted by atomic mass is 9.70. The maximum absolute atomic E-state index is 4.68. The minimum Gasteiger partial charge on any atom is -0.338 e. The van der Waals surface area contributed by atoms with Crippen molar-refractivity contribution in [1.82, 2.24) is 4.90 Å². The Morgan fingerprint density at radius 2 is 1.60 bits per heavy atom. The van der Waals surface area contributed by atoms with E-state index in [1.165, 1.54) is 56.1 Å². The van der Waals surface area contributed by atoms with Gasteiger partial charge in [0.25, 0.3) is 0 Å². The van der Waals surface area contributed by atoms with Gasteiger partial charge in [0.1, 0.15) is 0 Å². The van der Waals surface area contributed by atoms with Gasteiger partial charge in [-0.2, -0.15) is 0 Å². The van der Waals surface area contributed by atoms with Crippen LogP contribution in [0.5, 0.6) is 0 Å². The lowest BCUT2D eigenvalue weighted by molar-refractivity contribution is 0.489. The summed E-state index contributed by atoms with van der Waals surface area (Å²) < 4.78 is 0. The molecule has 0 bridgehead atoms. The van der Waals surface area contributed by atoms with Crippen molar-refractivity contribution in [3.8, 4) is 11.1 Å². The van der Waals surface area contributed by atoms with Crippen LogP contribution in [-0.2, 0) is 11.8 Å². The van der Waals surface area contributed by atoms with Crippen molar-refractivity contribution in [2.45, 2.75) is 86.5 Å². The van der Waals surface area contributed by atoms with Crippen molar-refractivity contribution in [3.05, 3.63) is 269 Å². The number of benzene rings is 3. The molecule has 0 unspecified atom stereocenters. The summed E-state index contributed by atoms with van der Waals surface area (Å²) in [5.74, 6) is 0. The van der Waals surface area contributed by atoms with Crippen LogP contribution in [0.1, 0.15) is 96.9 Å². The highest BCUT2D eigenvalue weighted by atomic mass is 15.2. The molecule has 0 N–H and O–H groups in total. The van der Waals surface area contributed by atoms with Gasteiger partial charge in [-0.3, -0.25) is 0 Å². The van der Waals surface area contributed by atoms with E-state index in [0.29, 0.717) is 0 Å². The molecule has 4 aliphatic carbocycles. The Labute approximate surface area is 403 Å². The Kier molecular flexibility index (Phi) is 15.5. The van der Waals surface area contributed by atoms with Gasteiger partial charge in [-0.1, -0.05) is 199 Å². The molecule has 340 valence electrons. The topological polar surface area (TPSA) is 6.48 Å². The van der Waals surface area contributed by atoms with Crippen molar-refractivity contribution < 1.29 is 0 Å². The Hall–Kier alpha value is -6.90. The third-order valence-electron chi connectivity index (χ3n) is 13.4. The minimum absolute atomic E-state index is 0.0454. The van der Waals surface area contributed by atoms with Gasteiger partial charge in [0, 0.05) is 46.9 Å². The number of anilines is 1. The standard InChI is InChI=1S/C65H70N2/c1-11-14-17-28-50(6)67(56-41-42-60-52(46-56)47-65(9,10)62-36-24-23-35-61(60)62)55-32-26-29-51(38-40-55)59-34-22-21-33-58(59)49(5)37-39-53(12-2)66(54-30-19-15-20-31-54)45-43-63-57(13-3)48(4)27-18-16-25-44-64(63,7)8/h11-14,16-19,21-31,33-44,46H,1,5,15,20,32,45,47H2,2-4,6-10H3/b17-14-,18-16-,39-37-,44-25+,48-27+,50-28+,53-12+,57-13-,63-43+. The van der Waals surface area contributed by atoms with Crippen molar-refractivity contribution in [1.29, 1.82) is 0 Å². The fourth-order valence-electron chi connectivity index (χ4n) is 9.94. The zero-order chi connectivity index (χ0) is 47.6. The highest BCUT2D eigenvalue weighted by molar-refractivity contribution is 5.87. The van der Waals surface area contributed by atoms with Crippen LogP contribution < -0.4 is 4.90 Å². The summed E-state index contributed by atoms with van der Waals surface area (Å²) in [6, 6.07) is 24.6. The predicted molar refractivity (Wildman–Crippen MR) is 293 cm³/mol. The summed E-state index contributed by atoms with van der Waals surface area (Å²) in [4.78, 5) is 4.86. The van der Waals surface area contributed by atoms with Crippen LogP contribution in [0.25, 0.3) is 22.3 Å². The Morgan fingerprint density at radius 3 is 2.36 bits per heavy atom. The Balaban J connectivity index is 1.20. The third kappa shape index (κ3) is 11.0. The van der Waals surface area contributed by atoms with Gasteiger partial charge in [-0.15, -0.1) is 0 Å². The zero-order valence-corrected chi connectivity index (χ0v) is 41.3. The van der Waals surface area contributed by atoms with Crippen LogP contribution in [0.3, 0.4) is 0 Å². The molecule has 0 radical (unpaired) electrons. The average Bonchev–Trinajstić information content (AvgIpc) is 3.55. The molecule has 2 heteroatoms. The Bertz CT molecular complexity index is 2830. The maximum atomic E-state index is 4.68. The van der Waals surface area contributed by atoms with Gasteiger partial charge in [0.15, 0.2) is 0 Å². The molecule has 0 atom stereocenters. The highest BCUT2D eigenvalue weighted by Crippen LogP contribution is 2.45. The molecule has 0 spiro atoms.